The molecule has 1 fully saturated rings. The maximum Gasteiger partial charge on any atom is 0.254 e. The summed E-state index contributed by atoms with van der Waals surface area (Å²) in [5, 5.41) is 0. The molecule has 0 spiro atoms. The quantitative estimate of drug-likeness (QED) is 0.875. The molecule has 0 aliphatic carbocycles. The van der Waals surface area contributed by atoms with E-state index in [9.17, 15) is 9.18 Å². The van der Waals surface area contributed by atoms with Crippen molar-refractivity contribution in [2.75, 3.05) is 13.1 Å². The minimum Gasteiger partial charge on any atom is -0.472 e. The molecular weight excluding hydrogens is 283 g/mol. The fourth-order valence-electron chi connectivity index (χ4n) is 2.50. The molecule has 1 aromatic heterocycles. The largest absolute Gasteiger partial charge is 0.472 e. The van der Waals surface area contributed by atoms with Crippen molar-refractivity contribution in [3.63, 3.8) is 0 Å². The Hall–Kier alpha value is -2.43. The van der Waals surface area contributed by atoms with Crippen molar-refractivity contribution in [3.8, 4) is 5.88 Å². The first kappa shape index (κ1) is 14.5. The monoisotopic (exact) mass is 300 g/mol. The maximum atomic E-state index is 13.6. The molecule has 0 radical (unpaired) electrons. The van der Waals surface area contributed by atoms with Crippen LogP contribution < -0.4 is 4.74 Å². The molecule has 4 nitrogen and oxygen atoms in total. The highest BCUT2D eigenvalue weighted by molar-refractivity contribution is 5.94. The Kier molecular flexibility index (Phi) is 4.04. The Morgan fingerprint density at radius 1 is 1.36 bits per heavy atom. The highest BCUT2D eigenvalue weighted by Gasteiger charge is 2.28. The van der Waals surface area contributed by atoms with E-state index in [0.29, 0.717) is 30.1 Å². The van der Waals surface area contributed by atoms with E-state index in [2.05, 4.69) is 4.98 Å². The molecule has 3 rings (SSSR count). The van der Waals surface area contributed by atoms with Crippen LogP contribution in [0.4, 0.5) is 4.39 Å². The Morgan fingerprint density at radius 3 is 2.95 bits per heavy atom. The third kappa shape index (κ3) is 3.08. The third-order valence-electron chi connectivity index (χ3n) is 3.78. The summed E-state index contributed by atoms with van der Waals surface area (Å²) in [5.41, 5.74) is 0.913. The van der Waals surface area contributed by atoms with E-state index in [1.165, 1.54) is 6.07 Å². The van der Waals surface area contributed by atoms with Gasteiger partial charge in [0.2, 0.25) is 5.88 Å². The minimum absolute atomic E-state index is 0.0749. The number of carbonyl (C=O) groups excluding carboxylic acids is 1. The molecule has 1 aromatic carbocycles. The fraction of sp³-hybridized carbons (Fsp3) is 0.294. The molecule has 0 saturated carbocycles. The number of halogens is 1. The number of carbonyl (C=O) groups is 1. The van der Waals surface area contributed by atoms with Crippen molar-refractivity contribution in [3.05, 3.63) is 59.5 Å². The zero-order chi connectivity index (χ0) is 15.5. The number of hydrogen-bond donors (Lipinski definition) is 0. The Morgan fingerprint density at radius 2 is 2.23 bits per heavy atom. The zero-order valence-electron chi connectivity index (χ0n) is 12.3. The van der Waals surface area contributed by atoms with Gasteiger partial charge in [-0.05, 0) is 30.7 Å². The average molecular weight is 300 g/mol. The smallest absolute Gasteiger partial charge is 0.254 e. The Bertz CT molecular complexity index is 676. The number of pyridine rings is 1. The lowest BCUT2D eigenvalue weighted by atomic mass is 10.1. The van der Waals surface area contributed by atoms with Gasteiger partial charge in [-0.3, -0.25) is 4.79 Å². The number of benzene rings is 1. The van der Waals surface area contributed by atoms with Gasteiger partial charge in [0.1, 0.15) is 11.9 Å². The fourth-order valence-corrected chi connectivity index (χ4v) is 2.50. The minimum atomic E-state index is -0.355. The molecule has 22 heavy (non-hydrogen) atoms. The van der Waals surface area contributed by atoms with Gasteiger partial charge in [0.05, 0.1) is 6.54 Å². The van der Waals surface area contributed by atoms with Crippen LogP contribution in [-0.2, 0) is 0 Å². The van der Waals surface area contributed by atoms with Crippen LogP contribution in [0, 0.1) is 12.7 Å². The molecule has 0 bridgehead atoms. The molecule has 2 heterocycles. The number of hydrogen-bond acceptors (Lipinski definition) is 3. The normalized spacial score (nSPS) is 17.5. The molecule has 1 atom stereocenters. The topological polar surface area (TPSA) is 42.4 Å². The summed E-state index contributed by atoms with van der Waals surface area (Å²) in [6.45, 7) is 2.77. The van der Waals surface area contributed by atoms with Gasteiger partial charge >= 0.3 is 0 Å². The van der Waals surface area contributed by atoms with Crippen LogP contribution in [0.25, 0.3) is 0 Å². The van der Waals surface area contributed by atoms with Gasteiger partial charge < -0.3 is 9.64 Å². The van der Waals surface area contributed by atoms with E-state index >= 15 is 0 Å². The van der Waals surface area contributed by atoms with E-state index in [4.69, 9.17) is 4.74 Å². The van der Waals surface area contributed by atoms with E-state index in [0.717, 1.165) is 6.42 Å². The number of rotatable bonds is 3. The lowest BCUT2D eigenvalue weighted by molar-refractivity contribution is 0.0770. The lowest BCUT2D eigenvalue weighted by Gasteiger charge is -2.17. The number of likely N-dealkylation sites (tertiary alicyclic amines) is 1. The van der Waals surface area contributed by atoms with Crippen molar-refractivity contribution >= 4 is 5.91 Å². The van der Waals surface area contributed by atoms with Gasteiger partial charge in [0.15, 0.2) is 0 Å². The molecule has 1 saturated heterocycles. The van der Waals surface area contributed by atoms with Crippen molar-refractivity contribution in [1.82, 2.24) is 9.88 Å². The van der Waals surface area contributed by atoms with E-state index in [1.807, 2.05) is 12.1 Å². The summed E-state index contributed by atoms with van der Waals surface area (Å²) in [6, 6.07) is 10.1. The predicted octanol–water partition coefficient (Wildman–Crippen LogP) is 2.82. The summed E-state index contributed by atoms with van der Waals surface area (Å²) < 4.78 is 19.3. The standard InChI is InChI=1S/C17H17FN2O2/c1-12-5-6-13(10-15(12)18)17(21)20-9-7-14(11-20)22-16-4-2-3-8-19-16/h2-6,8,10,14H,7,9,11H2,1H3. The summed E-state index contributed by atoms with van der Waals surface area (Å²) in [5.74, 6) is 0.0422. The van der Waals surface area contributed by atoms with Crippen molar-refractivity contribution in [1.29, 1.82) is 0 Å². The number of aryl methyl sites for hydroxylation is 1. The molecule has 5 heteroatoms. The summed E-state index contributed by atoms with van der Waals surface area (Å²) >= 11 is 0. The number of amides is 1. The van der Waals surface area contributed by atoms with Crippen LogP contribution in [-0.4, -0.2) is 35.0 Å². The summed E-state index contributed by atoms with van der Waals surface area (Å²) in [7, 11) is 0. The number of aromatic nitrogens is 1. The van der Waals surface area contributed by atoms with Crippen LogP contribution in [0.15, 0.2) is 42.6 Å². The maximum absolute atomic E-state index is 13.6. The van der Waals surface area contributed by atoms with Gasteiger partial charge in [-0.25, -0.2) is 9.37 Å². The van der Waals surface area contributed by atoms with Crippen LogP contribution in [0.1, 0.15) is 22.3 Å². The molecule has 0 N–H and O–H groups in total. The molecule has 1 unspecified atom stereocenters. The van der Waals surface area contributed by atoms with Gasteiger partial charge in [0.25, 0.3) is 5.91 Å². The third-order valence-corrected chi connectivity index (χ3v) is 3.78. The second-order valence-electron chi connectivity index (χ2n) is 5.41. The lowest BCUT2D eigenvalue weighted by Crippen LogP contribution is -2.31. The summed E-state index contributed by atoms with van der Waals surface area (Å²) in [6.07, 6.45) is 2.34. The molecule has 114 valence electrons. The molecule has 2 aromatic rings. The van der Waals surface area contributed by atoms with E-state index < -0.39 is 0 Å². The first-order valence-electron chi connectivity index (χ1n) is 7.26. The first-order valence-corrected chi connectivity index (χ1v) is 7.26. The van der Waals surface area contributed by atoms with Gasteiger partial charge in [0, 0.05) is 30.8 Å². The van der Waals surface area contributed by atoms with Gasteiger partial charge in [-0.1, -0.05) is 12.1 Å². The van der Waals surface area contributed by atoms with Crippen LogP contribution >= 0.6 is 0 Å². The predicted molar refractivity (Wildman–Crippen MR) is 80.3 cm³/mol. The summed E-state index contributed by atoms with van der Waals surface area (Å²) in [4.78, 5) is 18.2. The van der Waals surface area contributed by atoms with Crippen LogP contribution in [0.2, 0.25) is 0 Å². The van der Waals surface area contributed by atoms with Crippen LogP contribution in [0.3, 0.4) is 0 Å². The molecule has 1 aliphatic heterocycles. The van der Waals surface area contributed by atoms with Gasteiger partial charge in [-0.2, -0.15) is 0 Å². The van der Waals surface area contributed by atoms with Crippen molar-refractivity contribution in [2.24, 2.45) is 0 Å². The second-order valence-corrected chi connectivity index (χ2v) is 5.41. The highest BCUT2D eigenvalue weighted by Crippen LogP contribution is 2.19. The SMILES string of the molecule is Cc1ccc(C(=O)N2CCC(Oc3ccccn3)C2)cc1F. The molecular formula is C17H17FN2O2. The Balaban J connectivity index is 1.64. The molecule has 1 aliphatic rings. The van der Waals surface area contributed by atoms with Crippen LogP contribution in [0.5, 0.6) is 5.88 Å². The van der Waals surface area contributed by atoms with E-state index in [1.54, 1.807) is 36.2 Å². The van der Waals surface area contributed by atoms with Crippen molar-refractivity contribution < 1.29 is 13.9 Å². The highest BCUT2D eigenvalue weighted by atomic mass is 19.1. The number of ether oxygens (including phenoxy) is 1. The average Bonchev–Trinajstić information content (AvgIpc) is 2.99. The van der Waals surface area contributed by atoms with E-state index in [-0.39, 0.29) is 17.8 Å². The molecule has 1 amide bonds. The van der Waals surface area contributed by atoms with Gasteiger partial charge in [-0.15, -0.1) is 0 Å². The zero-order valence-corrected chi connectivity index (χ0v) is 12.3. The Labute approximate surface area is 128 Å². The number of nitrogens with zero attached hydrogens (tertiary/aromatic N) is 2. The van der Waals surface area contributed by atoms with Crippen molar-refractivity contribution in [2.45, 2.75) is 19.4 Å². The first-order chi connectivity index (χ1) is 10.6. The second kappa shape index (κ2) is 6.13.